The zero-order chi connectivity index (χ0) is 14.8. The van der Waals surface area contributed by atoms with Gasteiger partial charge >= 0.3 is 6.18 Å². The van der Waals surface area contributed by atoms with E-state index in [1.165, 1.54) is 17.3 Å². The van der Waals surface area contributed by atoms with Gasteiger partial charge in [0.25, 0.3) is 0 Å². The fourth-order valence-corrected chi connectivity index (χ4v) is 1.87. The number of halogens is 3. The molecule has 7 heteroatoms. The number of nitrogens with zero attached hydrogens (tertiary/aromatic N) is 3. The van der Waals surface area contributed by atoms with Crippen LogP contribution in [0.3, 0.4) is 0 Å². The van der Waals surface area contributed by atoms with Crippen molar-refractivity contribution in [3.63, 3.8) is 0 Å². The number of alkyl halides is 3. The SMILES string of the molecule is CC(C)NCc1cnc(N(CC(F)(F)F)C2CC2)cn1. The van der Waals surface area contributed by atoms with Crippen LogP contribution in [0.2, 0.25) is 0 Å². The summed E-state index contributed by atoms with van der Waals surface area (Å²) < 4.78 is 37.7. The van der Waals surface area contributed by atoms with Crippen LogP contribution in [-0.4, -0.2) is 34.8 Å². The maximum Gasteiger partial charge on any atom is 0.405 e. The molecule has 0 aliphatic heterocycles. The van der Waals surface area contributed by atoms with Crippen LogP contribution in [0.5, 0.6) is 0 Å². The molecule has 112 valence electrons. The van der Waals surface area contributed by atoms with E-state index in [0.717, 1.165) is 18.5 Å². The first kappa shape index (κ1) is 15.0. The number of hydrogen-bond acceptors (Lipinski definition) is 4. The van der Waals surface area contributed by atoms with Crippen LogP contribution in [-0.2, 0) is 6.54 Å². The van der Waals surface area contributed by atoms with E-state index in [0.29, 0.717) is 18.4 Å². The molecule has 0 bridgehead atoms. The lowest BCUT2D eigenvalue weighted by atomic mass is 10.3. The Labute approximate surface area is 116 Å². The van der Waals surface area contributed by atoms with Crippen LogP contribution in [0.1, 0.15) is 32.4 Å². The summed E-state index contributed by atoms with van der Waals surface area (Å²) in [6, 6.07) is 0.273. The summed E-state index contributed by atoms with van der Waals surface area (Å²) in [5.74, 6) is 0.304. The topological polar surface area (TPSA) is 41.1 Å². The molecule has 0 amide bonds. The Morgan fingerprint density at radius 3 is 2.45 bits per heavy atom. The van der Waals surface area contributed by atoms with Gasteiger partial charge in [-0.1, -0.05) is 13.8 Å². The second-order valence-electron chi connectivity index (χ2n) is 5.38. The fourth-order valence-electron chi connectivity index (χ4n) is 1.87. The van der Waals surface area contributed by atoms with Crippen LogP contribution in [0.4, 0.5) is 19.0 Å². The Kier molecular flexibility index (Phi) is 4.47. The largest absolute Gasteiger partial charge is 0.405 e. The molecule has 20 heavy (non-hydrogen) atoms. The normalized spacial score (nSPS) is 15.7. The lowest BCUT2D eigenvalue weighted by molar-refractivity contribution is -0.120. The van der Waals surface area contributed by atoms with Crippen LogP contribution in [0, 0.1) is 0 Å². The van der Waals surface area contributed by atoms with Crippen LogP contribution in [0.15, 0.2) is 12.4 Å². The monoisotopic (exact) mass is 288 g/mol. The van der Waals surface area contributed by atoms with Crippen molar-refractivity contribution < 1.29 is 13.2 Å². The molecule has 2 rings (SSSR count). The number of rotatable bonds is 6. The Balaban J connectivity index is 2.02. The smallest absolute Gasteiger partial charge is 0.343 e. The first-order valence-corrected chi connectivity index (χ1v) is 6.73. The Morgan fingerprint density at radius 1 is 1.30 bits per heavy atom. The van der Waals surface area contributed by atoms with Gasteiger partial charge in [-0.15, -0.1) is 0 Å². The van der Waals surface area contributed by atoms with Gasteiger partial charge in [0.2, 0.25) is 0 Å². The summed E-state index contributed by atoms with van der Waals surface area (Å²) in [6.07, 6.45) is 0.322. The highest BCUT2D eigenvalue weighted by atomic mass is 19.4. The van der Waals surface area contributed by atoms with E-state index in [1.807, 2.05) is 13.8 Å². The predicted molar refractivity (Wildman–Crippen MR) is 70.4 cm³/mol. The minimum atomic E-state index is -4.22. The highest BCUT2D eigenvalue weighted by molar-refractivity contribution is 5.39. The Hall–Kier alpha value is -1.37. The molecule has 0 spiro atoms. The minimum absolute atomic E-state index is 0.0504. The molecule has 1 aromatic rings. The van der Waals surface area contributed by atoms with Gasteiger partial charge in [-0.2, -0.15) is 13.2 Å². The molecule has 1 aliphatic carbocycles. The van der Waals surface area contributed by atoms with Crippen molar-refractivity contribution in [2.45, 2.75) is 51.5 Å². The second kappa shape index (κ2) is 5.95. The molecule has 0 unspecified atom stereocenters. The van der Waals surface area contributed by atoms with Crippen LogP contribution < -0.4 is 10.2 Å². The van der Waals surface area contributed by atoms with Gasteiger partial charge in [-0.25, -0.2) is 4.98 Å². The molecule has 4 nitrogen and oxygen atoms in total. The first-order chi connectivity index (χ1) is 9.35. The molecule has 1 saturated carbocycles. The predicted octanol–water partition coefficient (Wildman–Crippen LogP) is 2.51. The standard InChI is InChI=1S/C13H19F3N4/c1-9(2)17-5-10-6-19-12(7-18-10)20(11-3-4-11)8-13(14,15)16/h6-7,9,11,17H,3-5,8H2,1-2H3. The van der Waals surface area contributed by atoms with Crippen molar-refractivity contribution in [1.29, 1.82) is 0 Å². The molecule has 0 atom stereocenters. The number of anilines is 1. The Bertz CT molecular complexity index is 426. The van der Waals surface area contributed by atoms with Crippen LogP contribution in [0.25, 0.3) is 0 Å². The van der Waals surface area contributed by atoms with Gasteiger partial charge in [-0.05, 0) is 12.8 Å². The van der Waals surface area contributed by atoms with E-state index in [-0.39, 0.29) is 6.04 Å². The average Bonchev–Trinajstić information content (AvgIpc) is 3.17. The van der Waals surface area contributed by atoms with Crippen molar-refractivity contribution in [1.82, 2.24) is 15.3 Å². The zero-order valence-electron chi connectivity index (χ0n) is 11.6. The molecular formula is C13H19F3N4. The fraction of sp³-hybridized carbons (Fsp3) is 0.692. The summed E-state index contributed by atoms with van der Waals surface area (Å²) in [5.41, 5.74) is 0.727. The van der Waals surface area contributed by atoms with E-state index in [1.54, 1.807) is 0 Å². The van der Waals surface area contributed by atoms with Gasteiger partial charge in [-0.3, -0.25) is 4.98 Å². The van der Waals surface area contributed by atoms with E-state index in [4.69, 9.17) is 0 Å². The molecule has 1 fully saturated rings. The number of nitrogens with one attached hydrogen (secondary N) is 1. The summed E-state index contributed by atoms with van der Waals surface area (Å²) in [4.78, 5) is 9.60. The van der Waals surface area contributed by atoms with Crippen molar-refractivity contribution in [2.24, 2.45) is 0 Å². The van der Waals surface area contributed by atoms with E-state index in [2.05, 4.69) is 15.3 Å². The van der Waals surface area contributed by atoms with Gasteiger partial charge in [0.05, 0.1) is 18.1 Å². The first-order valence-electron chi connectivity index (χ1n) is 6.73. The van der Waals surface area contributed by atoms with Gasteiger partial charge < -0.3 is 10.2 Å². The molecule has 1 heterocycles. The molecule has 0 aromatic carbocycles. The van der Waals surface area contributed by atoms with Crippen molar-refractivity contribution in [3.05, 3.63) is 18.1 Å². The molecule has 0 radical (unpaired) electrons. The second-order valence-corrected chi connectivity index (χ2v) is 5.38. The van der Waals surface area contributed by atoms with E-state index < -0.39 is 12.7 Å². The summed E-state index contributed by atoms with van der Waals surface area (Å²) in [7, 11) is 0. The van der Waals surface area contributed by atoms with E-state index in [9.17, 15) is 13.2 Å². The summed E-state index contributed by atoms with van der Waals surface area (Å²) in [5, 5.41) is 3.19. The highest BCUT2D eigenvalue weighted by Crippen LogP contribution is 2.33. The summed E-state index contributed by atoms with van der Waals surface area (Å²) >= 11 is 0. The van der Waals surface area contributed by atoms with E-state index >= 15 is 0 Å². The molecular weight excluding hydrogens is 269 g/mol. The summed E-state index contributed by atoms with van der Waals surface area (Å²) in [6.45, 7) is 3.63. The van der Waals surface area contributed by atoms with Gasteiger partial charge in [0.1, 0.15) is 12.4 Å². The van der Waals surface area contributed by atoms with Crippen molar-refractivity contribution >= 4 is 5.82 Å². The number of hydrogen-bond donors (Lipinski definition) is 1. The zero-order valence-corrected chi connectivity index (χ0v) is 11.6. The van der Waals surface area contributed by atoms with Gasteiger partial charge in [0.15, 0.2) is 0 Å². The minimum Gasteiger partial charge on any atom is -0.343 e. The third-order valence-electron chi connectivity index (χ3n) is 3.01. The van der Waals surface area contributed by atoms with Crippen LogP contribution >= 0.6 is 0 Å². The maximum atomic E-state index is 12.6. The number of aromatic nitrogens is 2. The van der Waals surface area contributed by atoms with Gasteiger partial charge in [0, 0.05) is 18.6 Å². The Morgan fingerprint density at radius 2 is 2.00 bits per heavy atom. The quantitative estimate of drug-likeness (QED) is 0.873. The lowest BCUT2D eigenvalue weighted by Gasteiger charge is -2.24. The third-order valence-corrected chi connectivity index (χ3v) is 3.01. The lowest BCUT2D eigenvalue weighted by Crippen LogP contribution is -2.36. The molecule has 1 aliphatic rings. The van der Waals surface area contributed by atoms with Crippen molar-refractivity contribution in [2.75, 3.05) is 11.4 Å². The van der Waals surface area contributed by atoms with Crippen molar-refractivity contribution in [3.8, 4) is 0 Å². The molecule has 0 saturated heterocycles. The maximum absolute atomic E-state index is 12.6. The highest BCUT2D eigenvalue weighted by Gasteiger charge is 2.38. The average molecular weight is 288 g/mol. The molecule has 1 N–H and O–H groups in total. The molecule has 1 aromatic heterocycles. The third kappa shape index (κ3) is 4.63.